The van der Waals surface area contributed by atoms with Gasteiger partial charge in [-0.25, -0.2) is 19.6 Å². The van der Waals surface area contributed by atoms with Gasteiger partial charge in [0.2, 0.25) is 5.91 Å². The molecule has 16 heteroatoms. The highest BCUT2D eigenvalue weighted by molar-refractivity contribution is 5.86. The van der Waals surface area contributed by atoms with Crippen LogP contribution >= 0.6 is 0 Å². The number of methoxy groups -OCH3 is 2. The third-order valence-corrected chi connectivity index (χ3v) is 14.9. The minimum absolute atomic E-state index is 0.0279. The average Bonchev–Trinajstić information content (AvgIpc) is 3.89. The number of benzene rings is 2. The van der Waals surface area contributed by atoms with Crippen LogP contribution in [0, 0.1) is 74.0 Å². The maximum atomic E-state index is 14.2. The van der Waals surface area contributed by atoms with E-state index in [1.165, 1.54) is 14.2 Å². The Hall–Kier alpha value is -6.46. The number of amides is 3. The first-order valence-corrected chi connectivity index (χ1v) is 24.7. The number of terminal acetylenes is 1. The number of carbonyl (C=O) groups excluding carboxylic acids is 4. The van der Waals surface area contributed by atoms with Crippen LogP contribution in [-0.2, 0) is 41.6 Å². The fraction of sp³-hybridized carbons (Fsp3) is 0.527. The second-order valence-electron chi connectivity index (χ2n) is 19.4. The van der Waals surface area contributed by atoms with Crippen molar-refractivity contribution in [1.82, 2.24) is 40.4 Å². The van der Waals surface area contributed by atoms with E-state index >= 15 is 0 Å². The smallest absolute Gasteiger partial charge is 0.407 e. The summed E-state index contributed by atoms with van der Waals surface area (Å²) in [5.74, 6) is 10.7. The minimum atomic E-state index is -0.689. The summed E-state index contributed by atoms with van der Waals surface area (Å²) in [6, 6.07) is 12.1. The van der Waals surface area contributed by atoms with Gasteiger partial charge in [-0.05, 0) is 129 Å². The quantitative estimate of drug-likeness (QED) is 0.0733. The molecule has 2 aromatic heterocycles. The molecule has 8 atom stereocenters. The van der Waals surface area contributed by atoms with Crippen LogP contribution in [0.1, 0.15) is 87.3 Å². The van der Waals surface area contributed by atoms with Crippen molar-refractivity contribution in [2.24, 2.45) is 35.5 Å². The Bertz CT molecular complexity index is 2510. The van der Waals surface area contributed by atoms with Crippen molar-refractivity contribution in [3.8, 4) is 47.2 Å². The highest BCUT2D eigenvalue weighted by Crippen LogP contribution is 2.44. The van der Waals surface area contributed by atoms with Gasteiger partial charge in [-0.3, -0.25) is 9.69 Å². The van der Waals surface area contributed by atoms with Gasteiger partial charge in [-0.15, -0.1) is 12.8 Å². The van der Waals surface area contributed by atoms with Gasteiger partial charge in [-0.1, -0.05) is 51.7 Å². The molecule has 71 heavy (non-hydrogen) atoms. The summed E-state index contributed by atoms with van der Waals surface area (Å²) in [6.07, 6.45) is 14.3. The molecule has 380 valence electrons. The number of aromatic nitrogens is 4. The largest absolute Gasteiger partial charge is 0.453 e. The number of alkyl carbamates (subject to hydrolysis) is 2. The number of carbonyl (C=O) groups is 4. The fourth-order valence-corrected chi connectivity index (χ4v) is 10.1. The van der Waals surface area contributed by atoms with E-state index in [4.69, 9.17) is 19.2 Å². The SMILES string of the molecule is C#C.COC(=O)NC(C(=O)N(Cc1ncc(-c2ccc(C#Cc3ccc(-c4cnc(CN(C)C5C(C)[C@H]5C)[nH]4)cc3C)c(C)c2)[nH]1)C1C(C)[C@H]1C)C1CCOCC1.COC(=O)NC(C=O)C1CCOCC1. The van der Waals surface area contributed by atoms with Crippen molar-refractivity contribution in [3.63, 3.8) is 0 Å². The molecule has 2 aromatic carbocycles. The summed E-state index contributed by atoms with van der Waals surface area (Å²) >= 11 is 0. The first kappa shape index (κ1) is 53.9. The molecule has 4 N–H and O–H groups in total. The van der Waals surface area contributed by atoms with E-state index in [1.54, 1.807) is 0 Å². The standard InChI is InChI=1S/C44H55N7O4.C9H15NO4.C2H2/c1-25-19-34(36-21-45-38(47-36)23-50(7)41-27(3)28(41)4)13-11-31(25)9-10-32-12-14-35(20-26(32)2)37-22-46-39(48-37)24-51(42-29(5)30(42)6)43(52)40(49-44(53)54-8)33-15-17-55-18-16-33;1-13-9(12)10-8(6-11)7-2-4-14-5-3-7;1-2/h11-14,19-22,27-30,33,40-42H,15-18,23-24H2,1-8H3,(H,45,47)(H,46,48)(H,49,53);6-8H,2-5H2,1H3,(H,10,12);1-2H/t27-,28?,29-,30?,40?,41?,42?;;/m1../s1. The second-order valence-corrected chi connectivity index (χ2v) is 19.4. The number of imidazole rings is 2. The number of hydrogen-bond acceptors (Lipinski definition) is 11. The number of aromatic amines is 2. The first-order valence-electron chi connectivity index (χ1n) is 24.7. The van der Waals surface area contributed by atoms with Crippen LogP contribution in [0.5, 0.6) is 0 Å². The number of rotatable bonds is 14. The Morgan fingerprint density at radius 3 is 1.62 bits per heavy atom. The van der Waals surface area contributed by atoms with Crippen LogP contribution in [0.3, 0.4) is 0 Å². The monoisotopic (exact) mass is 973 g/mol. The first-order chi connectivity index (χ1) is 34.2. The third kappa shape index (κ3) is 13.7. The molecule has 2 aliphatic carbocycles. The van der Waals surface area contributed by atoms with E-state index in [0.29, 0.717) is 69.5 Å². The average molecular weight is 973 g/mol. The maximum absolute atomic E-state index is 14.2. The van der Waals surface area contributed by atoms with Gasteiger partial charge in [0.05, 0.1) is 57.1 Å². The molecule has 8 rings (SSSR count). The summed E-state index contributed by atoms with van der Waals surface area (Å²) in [5, 5.41) is 5.35. The molecule has 4 aromatic rings. The third-order valence-electron chi connectivity index (χ3n) is 14.9. The molecule has 2 aliphatic heterocycles. The van der Waals surface area contributed by atoms with Gasteiger partial charge >= 0.3 is 12.2 Å². The molecule has 16 nitrogen and oxygen atoms in total. The Morgan fingerprint density at radius 1 is 0.732 bits per heavy atom. The van der Waals surface area contributed by atoms with E-state index in [0.717, 1.165) is 88.1 Å². The summed E-state index contributed by atoms with van der Waals surface area (Å²) in [7, 11) is 4.78. The summed E-state index contributed by atoms with van der Waals surface area (Å²) < 4.78 is 20.1. The van der Waals surface area contributed by atoms with Crippen LogP contribution < -0.4 is 10.6 Å². The summed E-state index contributed by atoms with van der Waals surface area (Å²) in [6.45, 7) is 16.7. The molecule has 0 radical (unpaired) electrons. The van der Waals surface area contributed by atoms with Crippen LogP contribution in [0.25, 0.3) is 22.5 Å². The molecule has 3 amide bonds. The number of aldehydes is 1. The topological polar surface area (TPSA) is 193 Å². The van der Waals surface area contributed by atoms with E-state index < -0.39 is 24.3 Å². The van der Waals surface area contributed by atoms with E-state index in [-0.39, 0.29) is 23.8 Å². The van der Waals surface area contributed by atoms with Crippen molar-refractivity contribution in [1.29, 1.82) is 0 Å². The zero-order chi connectivity index (χ0) is 51.4. The van der Waals surface area contributed by atoms with Gasteiger partial charge in [0.1, 0.15) is 24.0 Å². The molecule has 2 saturated heterocycles. The van der Waals surface area contributed by atoms with Gasteiger partial charge in [-0.2, -0.15) is 0 Å². The fourth-order valence-electron chi connectivity index (χ4n) is 10.1. The van der Waals surface area contributed by atoms with E-state index in [9.17, 15) is 19.2 Å². The highest BCUT2D eigenvalue weighted by atomic mass is 16.5. The van der Waals surface area contributed by atoms with Gasteiger partial charge in [0.25, 0.3) is 0 Å². The van der Waals surface area contributed by atoms with Crippen LogP contribution in [0.4, 0.5) is 9.59 Å². The number of nitrogens with zero attached hydrogens (tertiary/aromatic N) is 4. The maximum Gasteiger partial charge on any atom is 0.407 e. The Morgan fingerprint density at radius 2 is 1.18 bits per heavy atom. The molecule has 0 spiro atoms. The van der Waals surface area contributed by atoms with Gasteiger partial charge < -0.3 is 49.2 Å². The molecule has 4 aliphatic rings. The number of hydrogen-bond donors (Lipinski definition) is 4. The summed E-state index contributed by atoms with van der Waals surface area (Å²) in [5.41, 5.74) is 8.09. The lowest BCUT2D eigenvalue weighted by molar-refractivity contribution is -0.137. The van der Waals surface area contributed by atoms with Crippen molar-refractivity contribution in [2.45, 2.75) is 104 Å². The molecule has 4 heterocycles. The van der Waals surface area contributed by atoms with E-state index in [1.807, 2.05) is 17.3 Å². The van der Waals surface area contributed by atoms with Crippen molar-refractivity contribution in [2.75, 3.05) is 47.7 Å². The van der Waals surface area contributed by atoms with E-state index in [2.05, 4.69) is 145 Å². The van der Waals surface area contributed by atoms with Crippen molar-refractivity contribution >= 4 is 24.4 Å². The summed E-state index contributed by atoms with van der Waals surface area (Å²) in [4.78, 5) is 68.9. The lowest BCUT2D eigenvalue weighted by Crippen LogP contribution is -2.54. The normalized spacial score (nSPS) is 22.4. The predicted octanol–water partition coefficient (Wildman–Crippen LogP) is 7.29. The van der Waals surface area contributed by atoms with Crippen LogP contribution in [0.2, 0.25) is 0 Å². The molecule has 6 unspecified atom stereocenters. The second kappa shape index (κ2) is 25.1. The zero-order valence-corrected chi connectivity index (χ0v) is 42.8. The Kier molecular flexibility index (Phi) is 19.0. The molecule has 2 saturated carbocycles. The lowest BCUT2D eigenvalue weighted by atomic mass is 9.90. The highest BCUT2D eigenvalue weighted by Gasteiger charge is 2.51. The Balaban J connectivity index is 0.000000442. The van der Waals surface area contributed by atoms with Crippen LogP contribution in [0.15, 0.2) is 48.8 Å². The molecular weight excluding hydrogens is 901 g/mol. The van der Waals surface area contributed by atoms with Gasteiger partial charge in [0, 0.05) is 49.6 Å². The lowest BCUT2D eigenvalue weighted by Gasteiger charge is -2.34. The van der Waals surface area contributed by atoms with Crippen molar-refractivity contribution in [3.05, 3.63) is 82.7 Å². The Labute approximate surface area is 419 Å². The number of nitrogens with one attached hydrogen (secondary N) is 4. The van der Waals surface area contributed by atoms with Crippen molar-refractivity contribution < 1.29 is 38.1 Å². The number of ether oxygens (including phenoxy) is 4. The van der Waals surface area contributed by atoms with Crippen LogP contribution in [-0.4, -0.2) is 126 Å². The van der Waals surface area contributed by atoms with Gasteiger partial charge in [0.15, 0.2) is 0 Å². The molecule has 0 bridgehead atoms. The minimum Gasteiger partial charge on any atom is -0.453 e. The molecular formula is C55H72N8O8. The molecule has 4 fully saturated rings. The number of aryl methyl sites for hydroxylation is 2. The zero-order valence-electron chi connectivity index (χ0n) is 42.8. The number of H-pyrrole nitrogens is 2. The predicted molar refractivity (Wildman–Crippen MR) is 271 cm³/mol.